The quantitative estimate of drug-likeness (QED) is 0.751. The van der Waals surface area contributed by atoms with Crippen molar-refractivity contribution in [3.8, 4) is 0 Å². The lowest BCUT2D eigenvalue weighted by atomic mass is 9.95. The molecule has 5 heteroatoms. The Morgan fingerprint density at radius 1 is 1.24 bits per heavy atom. The highest BCUT2D eigenvalue weighted by Gasteiger charge is 2.25. The Kier molecular flexibility index (Phi) is 2.82. The molecule has 88 valence electrons. The fraction of sp³-hybridized carbons (Fsp3) is 0.167. The molecule has 1 aromatic carbocycles. The van der Waals surface area contributed by atoms with Crippen LogP contribution in [0.3, 0.4) is 0 Å². The van der Waals surface area contributed by atoms with Crippen molar-refractivity contribution < 1.29 is 19.8 Å². The topological polar surface area (TPSA) is 90.4 Å². The molecule has 1 atom stereocenters. The third-order valence-electron chi connectivity index (χ3n) is 2.67. The minimum absolute atomic E-state index is 0.419. The lowest BCUT2D eigenvalue weighted by molar-refractivity contribution is -0.145. The maximum Gasteiger partial charge on any atom is 0.311 e. The van der Waals surface area contributed by atoms with Crippen molar-refractivity contribution in [2.45, 2.75) is 12.3 Å². The first-order valence-electron chi connectivity index (χ1n) is 5.10. The van der Waals surface area contributed by atoms with Crippen LogP contribution in [0.5, 0.6) is 0 Å². The molecule has 2 rings (SSSR count). The van der Waals surface area contributed by atoms with Crippen molar-refractivity contribution in [2.24, 2.45) is 0 Å². The highest BCUT2D eigenvalue weighted by Crippen LogP contribution is 2.28. The molecule has 17 heavy (non-hydrogen) atoms. The first kappa shape index (κ1) is 11.2. The monoisotopic (exact) mass is 233 g/mol. The van der Waals surface area contributed by atoms with Crippen LogP contribution in [0.25, 0.3) is 10.9 Å². The van der Waals surface area contributed by atoms with E-state index < -0.39 is 24.3 Å². The summed E-state index contributed by atoms with van der Waals surface area (Å²) in [6.07, 6.45) is 1.14. The zero-order valence-corrected chi connectivity index (χ0v) is 8.88. The predicted octanol–water partition coefficient (Wildman–Crippen LogP) is 1.81. The van der Waals surface area contributed by atoms with Gasteiger partial charge in [0.1, 0.15) is 0 Å². The molecule has 1 aromatic heterocycles. The van der Waals surface area contributed by atoms with E-state index in [1.54, 1.807) is 18.3 Å². The highest BCUT2D eigenvalue weighted by molar-refractivity contribution is 5.91. The summed E-state index contributed by atoms with van der Waals surface area (Å²) >= 11 is 0. The van der Waals surface area contributed by atoms with Crippen molar-refractivity contribution in [3.05, 3.63) is 36.0 Å². The van der Waals surface area contributed by atoms with Crippen LogP contribution in [0, 0.1) is 0 Å². The van der Waals surface area contributed by atoms with Crippen LogP contribution < -0.4 is 0 Å². The summed E-state index contributed by atoms with van der Waals surface area (Å²) in [5, 5.41) is 18.6. The van der Waals surface area contributed by atoms with Crippen LogP contribution in [-0.4, -0.2) is 27.1 Å². The zero-order chi connectivity index (χ0) is 12.4. The van der Waals surface area contributed by atoms with Gasteiger partial charge in [-0.3, -0.25) is 9.59 Å². The highest BCUT2D eigenvalue weighted by atomic mass is 16.4. The Labute approximate surface area is 96.7 Å². The number of carboxylic acids is 2. The second kappa shape index (κ2) is 4.29. The first-order valence-corrected chi connectivity index (χ1v) is 5.10. The summed E-state index contributed by atoms with van der Waals surface area (Å²) < 4.78 is 0. The average Bonchev–Trinajstić information content (AvgIpc) is 2.69. The number of rotatable bonds is 4. The van der Waals surface area contributed by atoms with Gasteiger partial charge in [-0.2, -0.15) is 0 Å². The molecule has 0 bridgehead atoms. The van der Waals surface area contributed by atoms with Gasteiger partial charge in [0.05, 0.1) is 12.3 Å². The van der Waals surface area contributed by atoms with Gasteiger partial charge in [0, 0.05) is 17.1 Å². The number of carboxylic acid groups (broad SMARTS) is 2. The largest absolute Gasteiger partial charge is 0.481 e. The number of aromatic nitrogens is 1. The van der Waals surface area contributed by atoms with Gasteiger partial charge in [-0.1, -0.05) is 18.2 Å². The number of aromatic amines is 1. The van der Waals surface area contributed by atoms with Crippen molar-refractivity contribution in [1.29, 1.82) is 0 Å². The van der Waals surface area contributed by atoms with E-state index in [-0.39, 0.29) is 0 Å². The van der Waals surface area contributed by atoms with Crippen LogP contribution in [0.2, 0.25) is 0 Å². The van der Waals surface area contributed by atoms with E-state index in [0.717, 1.165) is 10.9 Å². The lowest BCUT2D eigenvalue weighted by Crippen LogP contribution is -2.15. The van der Waals surface area contributed by atoms with E-state index in [0.29, 0.717) is 5.56 Å². The fourth-order valence-electron chi connectivity index (χ4n) is 1.89. The number of para-hydroxylation sites is 1. The summed E-state index contributed by atoms with van der Waals surface area (Å²) in [5.41, 5.74) is 1.31. The second-order valence-corrected chi connectivity index (χ2v) is 3.78. The smallest absolute Gasteiger partial charge is 0.311 e. The standard InChI is InChI=1S/C12H11NO4/c14-11(15)5-8(12(16)17)9-6-13-10-4-2-1-3-7(9)10/h1-4,6,8,13H,5H2,(H,14,15)(H,16,17)/t8-/m0/s1. The summed E-state index contributed by atoms with van der Waals surface area (Å²) in [7, 11) is 0. The minimum Gasteiger partial charge on any atom is -0.481 e. The molecule has 5 nitrogen and oxygen atoms in total. The van der Waals surface area contributed by atoms with Gasteiger partial charge < -0.3 is 15.2 Å². The fourth-order valence-corrected chi connectivity index (χ4v) is 1.89. The van der Waals surface area contributed by atoms with E-state index in [1.807, 2.05) is 12.1 Å². The molecule has 1 heterocycles. The molecule has 0 saturated carbocycles. The minimum atomic E-state index is -1.13. The third kappa shape index (κ3) is 2.13. The Balaban J connectivity index is 2.48. The number of carbonyl (C=O) groups is 2. The summed E-state index contributed by atoms with van der Waals surface area (Å²) in [4.78, 5) is 24.7. The maximum atomic E-state index is 11.1. The number of H-pyrrole nitrogens is 1. The van der Waals surface area contributed by atoms with E-state index in [4.69, 9.17) is 10.2 Å². The average molecular weight is 233 g/mol. The lowest BCUT2D eigenvalue weighted by Gasteiger charge is -2.08. The first-order chi connectivity index (χ1) is 8.09. The van der Waals surface area contributed by atoms with Crippen LogP contribution in [-0.2, 0) is 9.59 Å². The van der Waals surface area contributed by atoms with Crippen molar-refractivity contribution >= 4 is 22.8 Å². The molecule has 0 aliphatic rings. The van der Waals surface area contributed by atoms with Gasteiger partial charge in [0.15, 0.2) is 0 Å². The van der Waals surface area contributed by atoms with Gasteiger partial charge in [-0.05, 0) is 11.6 Å². The Hall–Kier alpha value is -2.30. The van der Waals surface area contributed by atoms with E-state index in [1.165, 1.54) is 0 Å². The van der Waals surface area contributed by atoms with Gasteiger partial charge in [0.25, 0.3) is 0 Å². The number of hydrogen-bond acceptors (Lipinski definition) is 2. The van der Waals surface area contributed by atoms with Gasteiger partial charge in [-0.15, -0.1) is 0 Å². The van der Waals surface area contributed by atoms with Crippen molar-refractivity contribution in [2.75, 3.05) is 0 Å². The maximum absolute atomic E-state index is 11.1. The molecule has 3 N–H and O–H groups in total. The third-order valence-corrected chi connectivity index (χ3v) is 2.67. The molecular weight excluding hydrogens is 222 g/mol. The van der Waals surface area contributed by atoms with Gasteiger partial charge in [0.2, 0.25) is 0 Å². The summed E-state index contributed by atoms with van der Waals surface area (Å²) in [6.45, 7) is 0. The molecule has 0 aliphatic heterocycles. The van der Waals surface area contributed by atoms with Crippen LogP contribution in [0.15, 0.2) is 30.5 Å². The van der Waals surface area contributed by atoms with Crippen molar-refractivity contribution in [1.82, 2.24) is 4.98 Å². The van der Waals surface area contributed by atoms with Crippen LogP contribution in [0.4, 0.5) is 0 Å². The summed E-state index contributed by atoms with van der Waals surface area (Å²) in [6, 6.07) is 7.21. The van der Waals surface area contributed by atoms with Crippen LogP contribution >= 0.6 is 0 Å². The molecule has 2 aromatic rings. The van der Waals surface area contributed by atoms with Gasteiger partial charge >= 0.3 is 11.9 Å². The zero-order valence-electron chi connectivity index (χ0n) is 8.88. The molecule has 0 saturated heterocycles. The molecule has 0 spiro atoms. The number of aliphatic carboxylic acids is 2. The number of nitrogens with one attached hydrogen (secondary N) is 1. The second-order valence-electron chi connectivity index (χ2n) is 3.78. The number of hydrogen-bond donors (Lipinski definition) is 3. The molecular formula is C12H11NO4. The SMILES string of the molecule is O=C(O)C[C@H](C(=O)O)c1c[nH]c2ccccc12. The normalized spacial score (nSPS) is 12.5. The Morgan fingerprint density at radius 3 is 2.59 bits per heavy atom. The molecule has 0 amide bonds. The van der Waals surface area contributed by atoms with E-state index in [2.05, 4.69) is 4.98 Å². The molecule has 0 fully saturated rings. The Bertz CT molecular complexity index is 573. The van der Waals surface area contributed by atoms with E-state index >= 15 is 0 Å². The number of benzene rings is 1. The van der Waals surface area contributed by atoms with Crippen molar-refractivity contribution in [3.63, 3.8) is 0 Å². The molecule has 0 aliphatic carbocycles. The molecule has 0 radical (unpaired) electrons. The van der Waals surface area contributed by atoms with E-state index in [9.17, 15) is 9.59 Å². The number of fused-ring (bicyclic) bond motifs is 1. The summed E-state index contributed by atoms with van der Waals surface area (Å²) in [5.74, 6) is -3.27. The van der Waals surface area contributed by atoms with Gasteiger partial charge in [-0.25, -0.2) is 0 Å². The Morgan fingerprint density at radius 2 is 1.94 bits per heavy atom. The van der Waals surface area contributed by atoms with Crippen LogP contribution in [0.1, 0.15) is 17.9 Å². The molecule has 0 unspecified atom stereocenters. The predicted molar refractivity (Wildman–Crippen MR) is 60.9 cm³/mol.